The lowest BCUT2D eigenvalue weighted by Gasteiger charge is -2.31. The Morgan fingerprint density at radius 2 is 2.00 bits per heavy atom. The van der Waals surface area contributed by atoms with E-state index in [1.165, 1.54) is 0 Å². The van der Waals surface area contributed by atoms with Gasteiger partial charge in [0.25, 0.3) is 0 Å². The molecule has 4 heteroatoms. The van der Waals surface area contributed by atoms with E-state index in [1.54, 1.807) is 0 Å². The Kier molecular flexibility index (Phi) is 1.35. The Labute approximate surface area is 49.4 Å². The van der Waals surface area contributed by atoms with Gasteiger partial charge in [0.05, 0.1) is 6.35 Å². The average molecular weight is 140 g/mol. The zero-order chi connectivity index (χ0) is 4.62. The van der Waals surface area contributed by atoms with E-state index in [4.69, 9.17) is 4.74 Å². The van der Waals surface area contributed by atoms with E-state index >= 15 is 0 Å². The van der Waals surface area contributed by atoms with E-state index in [-0.39, 0.29) is 4.01 Å². The molecule has 0 spiro atoms. The first kappa shape index (κ1) is 5.23. The molecule has 0 radical (unpaired) electrons. The summed E-state index contributed by atoms with van der Waals surface area (Å²) in [5.41, 5.74) is 0. The van der Waals surface area contributed by atoms with Gasteiger partial charge in [-0.05, 0) is 8.58 Å². The van der Waals surface area contributed by atoms with E-state index in [9.17, 15) is 0 Å². The minimum absolute atomic E-state index is 0.361. The Bertz CT molecular complexity index is 58.6. The average Bonchev–Trinajstić information content (AvgIpc) is 1.32. The van der Waals surface area contributed by atoms with Crippen LogP contribution in [0.4, 0.5) is 0 Å². The van der Waals surface area contributed by atoms with Gasteiger partial charge in [0.2, 0.25) is 0 Å². The summed E-state index contributed by atoms with van der Waals surface area (Å²) in [6.07, 6.45) is 0.840. The SMILES string of the molecule is SC1(S)OCP1. The van der Waals surface area contributed by atoms with Crippen LogP contribution in [0.2, 0.25) is 0 Å². The number of hydrogen-bond donors (Lipinski definition) is 2. The normalized spacial score (nSPS) is 33.0. The fourth-order valence-electron chi connectivity index (χ4n) is 0.201. The maximum atomic E-state index is 4.86. The summed E-state index contributed by atoms with van der Waals surface area (Å²) in [5.74, 6) is 0. The number of thiol groups is 2. The highest BCUT2D eigenvalue weighted by molar-refractivity contribution is 8.08. The maximum Gasteiger partial charge on any atom is 0.173 e. The molecule has 6 heavy (non-hydrogen) atoms. The molecule has 1 fully saturated rings. The molecule has 0 aromatic heterocycles. The van der Waals surface area contributed by atoms with Gasteiger partial charge in [-0.2, -0.15) is 0 Å². The lowest BCUT2D eigenvalue weighted by Crippen LogP contribution is -2.21. The number of hydrogen-bond acceptors (Lipinski definition) is 3. The molecule has 0 amide bonds. The van der Waals surface area contributed by atoms with E-state index in [2.05, 4.69) is 25.3 Å². The largest absolute Gasteiger partial charge is 0.347 e. The van der Waals surface area contributed by atoms with Crippen LogP contribution in [0.25, 0.3) is 0 Å². The van der Waals surface area contributed by atoms with Gasteiger partial charge in [0, 0.05) is 0 Å². The second-order valence-electron chi connectivity index (χ2n) is 1.07. The standard InChI is InChI=1S/C2H5OPS2/c5-2(6)3-1-4-2/h4-6H,1H2. The van der Waals surface area contributed by atoms with Crippen molar-refractivity contribution in [2.75, 3.05) is 6.35 Å². The topological polar surface area (TPSA) is 9.23 Å². The van der Waals surface area contributed by atoms with Crippen LogP contribution >= 0.6 is 33.8 Å². The molecule has 0 bridgehead atoms. The summed E-state index contributed by atoms with van der Waals surface area (Å²) in [5, 5.41) is 0. The quantitative estimate of drug-likeness (QED) is 0.291. The van der Waals surface area contributed by atoms with Gasteiger partial charge in [-0.1, -0.05) is 0 Å². The third-order valence-electron chi connectivity index (χ3n) is 0.576. The van der Waals surface area contributed by atoms with Gasteiger partial charge in [-0.15, -0.1) is 25.3 Å². The molecule has 1 rings (SSSR count). The van der Waals surface area contributed by atoms with Crippen LogP contribution in [0.15, 0.2) is 0 Å². The second-order valence-corrected chi connectivity index (χ2v) is 4.87. The maximum absolute atomic E-state index is 4.86. The van der Waals surface area contributed by atoms with Crippen LogP contribution in [-0.2, 0) is 4.74 Å². The molecule has 0 aromatic rings. The molecule has 0 N–H and O–H groups in total. The van der Waals surface area contributed by atoms with Crippen molar-refractivity contribution >= 4 is 33.8 Å². The predicted molar refractivity (Wildman–Crippen MR) is 35.0 cm³/mol. The minimum atomic E-state index is -0.361. The zero-order valence-corrected chi connectivity index (χ0v) is 5.80. The smallest absolute Gasteiger partial charge is 0.173 e. The Hall–Kier alpha value is 1.09. The van der Waals surface area contributed by atoms with E-state index in [0.29, 0.717) is 0 Å². The fourth-order valence-corrected chi connectivity index (χ4v) is 1.38. The van der Waals surface area contributed by atoms with E-state index < -0.39 is 0 Å². The Balaban J connectivity index is 2.31. The van der Waals surface area contributed by atoms with Crippen molar-refractivity contribution in [2.45, 2.75) is 4.01 Å². The third kappa shape index (κ3) is 1.03. The van der Waals surface area contributed by atoms with Crippen LogP contribution < -0.4 is 0 Å². The van der Waals surface area contributed by atoms with Gasteiger partial charge in [0.1, 0.15) is 0 Å². The molecular formula is C2H5OPS2. The first-order valence-electron chi connectivity index (χ1n) is 1.54. The van der Waals surface area contributed by atoms with E-state index in [0.717, 1.165) is 14.9 Å². The molecule has 1 atom stereocenters. The summed E-state index contributed by atoms with van der Waals surface area (Å²) >= 11 is 7.99. The highest BCUT2D eigenvalue weighted by atomic mass is 32.2. The van der Waals surface area contributed by atoms with Crippen molar-refractivity contribution in [1.82, 2.24) is 0 Å². The molecule has 1 nitrogen and oxygen atoms in total. The lowest BCUT2D eigenvalue weighted by molar-refractivity contribution is 0.155. The van der Waals surface area contributed by atoms with Crippen LogP contribution in [-0.4, -0.2) is 10.4 Å². The summed E-state index contributed by atoms with van der Waals surface area (Å²) in [6.45, 7) is 0. The van der Waals surface area contributed by atoms with Crippen molar-refractivity contribution in [2.24, 2.45) is 0 Å². The van der Waals surface area contributed by atoms with Crippen molar-refractivity contribution < 1.29 is 4.74 Å². The molecule has 0 aliphatic carbocycles. The number of rotatable bonds is 0. The molecule has 1 saturated heterocycles. The molecule has 1 heterocycles. The van der Waals surface area contributed by atoms with Crippen LogP contribution in [0.1, 0.15) is 0 Å². The second kappa shape index (κ2) is 1.55. The van der Waals surface area contributed by atoms with Crippen LogP contribution in [0.5, 0.6) is 0 Å². The summed E-state index contributed by atoms with van der Waals surface area (Å²) < 4.78 is 4.50. The first-order valence-corrected chi connectivity index (χ1v) is 3.65. The Morgan fingerprint density at radius 3 is 2.00 bits per heavy atom. The molecule has 1 aliphatic heterocycles. The fraction of sp³-hybridized carbons (Fsp3) is 1.00. The highest BCUT2D eigenvalue weighted by Crippen LogP contribution is 2.49. The van der Waals surface area contributed by atoms with Crippen molar-refractivity contribution in [3.8, 4) is 0 Å². The molecule has 1 aliphatic rings. The zero-order valence-electron chi connectivity index (χ0n) is 3.01. The predicted octanol–water partition coefficient (Wildman–Crippen LogP) is 1.12. The molecule has 1 unspecified atom stereocenters. The molecule has 36 valence electrons. The van der Waals surface area contributed by atoms with Gasteiger partial charge >= 0.3 is 0 Å². The van der Waals surface area contributed by atoms with Crippen LogP contribution in [0.3, 0.4) is 0 Å². The van der Waals surface area contributed by atoms with Crippen molar-refractivity contribution in [1.29, 1.82) is 0 Å². The monoisotopic (exact) mass is 140 g/mol. The molecular weight excluding hydrogens is 135 g/mol. The summed E-state index contributed by atoms with van der Waals surface area (Å²) in [4.78, 5) is 0. The Morgan fingerprint density at radius 1 is 1.67 bits per heavy atom. The highest BCUT2D eigenvalue weighted by Gasteiger charge is 2.28. The minimum Gasteiger partial charge on any atom is -0.347 e. The van der Waals surface area contributed by atoms with Gasteiger partial charge in [-0.3, -0.25) is 0 Å². The van der Waals surface area contributed by atoms with Gasteiger partial charge in [-0.25, -0.2) is 0 Å². The molecule has 0 saturated carbocycles. The lowest BCUT2D eigenvalue weighted by atomic mass is 11.4. The summed E-state index contributed by atoms with van der Waals surface area (Å²) in [6, 6.07) is 0. The number of ether oxygens (including phenoxy) is 1. The van der Waals surface area contributed by atoms with Crippen molar-refractivity contribution in [3.05, 3.63) is 0 Å². The van der Waals surface area contributed by atoms with Crippen molar-refractivity contribution in [3.63, 3.8) is 0 Å². The van der Waals surface area contributed by atoms with E-state index in [1.807, 2.05) is 0 Å². The first-order chi connectivity index (χ1) is 2.71. The van der Waals surface area contributed by atoms with Crippen LogP contribution in [0, 0.1) is 0 Å². The summed E-state index contributed by atoms with van der Waals surface area (Å²) in [7, 11) is 0.754. The van der Waals surface area contributed by atoms with Gasteiger partial charge in [0.15, 0.2) is 4.01 Å². The van der Waals surface area contributed by atoms with Gasteiger partial charge < -0.3 is 4.74 Å². The third-order valence-corrected chi connectivity index (χ3v) is 2.68. The molecule has 0 aromatic carbocycles.